The Balaban J connectivity index is 2.18. The summed E-state index contributed by atoms with van der Waals surface area (Å²) in [5.41, 5.74) is 6.38. The Bertz CT molecular complexity index is 397. The number of anilines is 2. The smallest absolute Gasteiger partial charge is 0.157 e. The maximum Gasteiger partial charge on any atom is 0.157 e. The van der Waals surface area contributed by atoms with Gasteiger partial charge in [-0.2, -0.15) is 0 Å². The van der Waals surface area contributed by atoms with E-state index in [1.54, 1.807) is 0 Å². The molecule has 0 aromatic carbocycles. The normalized spacial score (nSPS) is 21.5. The van der Waals surface area contributed by atoms with Crippen molar-refractivity contribution in [1.29, 1.82) is 0 Å². The van der Waals surface area contributed by atoms with Gasteiger partial charge in [0.2, 0.25) is 0 Å². The third kappa shape index (κ3) is 2.61. The van der Waals surface area contributed by atoms with Crippen molar-refractivity contribution in [2.24, 2.45) is 0 Å². The van der Waals surface area contributed by atoms with Crippen molar-refractivity contribution in [3.05, 3.63) is 11.5 Å². The Morgan fingerprint density at radius 3 is 3.00 bits per heavy atom. The second-order valence-electron chi connectivity index (χ2n) is 4.57. The van der Waals surface area contributed by atoms with Gasteiger partial charge in [-0.15, -0.1) is 0 Å². The van der Waals surface area contributed by atoms with Gasteiger partial charge in [-0.25, -0.2) is 9.97 Å². The van der Waals surface area contributed by atoms with Crippen LogP contribution in [0.5, 0.6) is 0 Å². The first kappa shape index (κ1) is 12.4. The Morgan fingerprint density at radius 1 is 1.53 bits per heavy atom. The molecule has 1 fully saturated rings. The van der Waals surface area contributed by atoms with Crippen LogP contribution in [0.2, 0.25) is 5.15 Å². The van der Waals surface area contributed by atoms with E-state index >= 15 is 0 Å². The SMILES string of the molecule is CN1CCCC(N(C)c2ncnc(Cl)c2N)C1. The van der Waals surface area contributed by atoms with E-state index in [0.29, 0.717) is 16.9 Å². The molecule has 2 N–H and O–H groups in total. The lowest BCUT2D eigenvalue weighted by Crippen LogP contribution is -2.45. The Kier molecular flexibility index (Phi) is 3.69. The molecule has 1 saturated heterocycles. The van der Waals surface area contributed by atoms with Gasteiger partial charge in [0.25, 0.3) is 0 Å². The number of nitrogen functional groups attached to an aromatic ring is 1. The fourth-order valence-corrected chi connectivity index (χ4v) is 2.40. The minimum Gasteiger partial charge on any atom is -0.393 e. The molecule has 0 saturated carbocycles. The molecule has 2 heterocycles. The van der Waals surface area contributed by atoms with Gasteiger partial charge in [0, 0.05) is 19.6 Å². The maximum atomic E-state index is 5.91. The maximum absolute atomic E-state index is 5.91. The summed E-state index contributed by atoms with van der Waals surface area (Å²) in [6.07, 6.45) is 3.81. The van der Waals surface area contributed by atoms with Crippen molar-refractivity contribution in [1.82, 2.24) is 14.9 Å². The van der Waals surface area contributed by atoms with E-state index in [2.05, 4.69) is 26.8 Å². The zero-order valence-electron chi connectivity index (χ0n) is 10.2. The number of hydrogen-bond acceptors (Lipinski definition) is 5. The molecule has 94 valence electrons. The van der Waals surface area contributed by atoms with Gasteiger partial charge >= 0.3 is 0 Å². The van der Waals surface area contributed by atoms with Gasteiger partial charge in [-0.05, 0) is 26.4 Å². The first-order valence-corrected chi connectivity index (χ1v) is 6.14. The van der Waals surface area contributed by atoms with E-state index in [0.717, 1.165) is 25.3 Å². The molecule has 2 rings (SSSR count). The number of nitrogens with two attached hydrogens (primary N) is 1. The van der Waals surface area contributed by atoms with Crippen molar-refractivity contribution >= 4 is 23.1 Å². The molecule has 1 aromatic heterocycles. The lowest BCUT2D eigenvalue weighted by Gasteiger charge is -2.36. The van der Waals surface area contributed by atoms with Crippen LogP contribution in [0, 0.1) is 0 Å². The summed E-state index contributed by atoms with van der Waals surface area (Å²) >= 11 is 5.91. The molecule has 1 aliphatic rings. The van der Waals surface area contributed by atoms with Crippen molar-refractivity contribution in [2.45, 2.75) is 18.9 Å². The number of likely N-dealkylation sites (tertiary alicyclic amines) is 1. The third-order valence-corrected chi connectivity index (χ3v) is 3.60. The first-order chi connectivity index (χ1) is 8.09. The van der Waals surface area contributed by atoms with Gasteiger partial charge in [-0.1, -0.05) is 11.6 Å². The lowest BCUT2D eigenvalue weighted by atomic mass is 10.1. The van der Waals surface area contributed by atoms with E-state index in [1.807, 2.05) is 7.05 Å². The van der Waals surface area contributed by atoms with Gasteiger partial charge < -0.3 is 15.5 Å². The van der Waals surface area contributed by atoms with Gasteiger partial charge in [-0.3, -0.25) is 0 Å². The van der Waals surface area contributed by atoms with Gasteiger partial charge in [0.1, 0.15) is 12.0 Å². The molecule has 1 unspecified atom stereocenters. The summed E-state index contributed by atoms with van der Waals surface area (Å²) < 4.78 is 0. The van der Waals surface area contributed by atoms with Crippen LogP contribution in [-0.4, -0.2) is 48.1 Å². The van der Waals surface area contributed by atoms with Gasteiger partial charge in [0.15, 0.2) is 11.0 Å². The molecular formula is C11H18ClN5. The molecule has 6 heteroatoms. The fourth-order valence-electron chi connectivity index (χ4n) is 2.27. The summed E-state index contributed by atoms with van der Waals surface area (Å²) in [7, 11) is 4.15. The van der Waals surface area contributed by atoms with Crippen LogP contribution >= 0.6 is 11.6 Å². The number of hydrogen-bond donors (Lipinski definition) is 1. The van der Waals surface area contributed by atoms with Crippen LogP contribution in [0.25, 0.3) is 0 Å². The Hall–Kier alpha value is -1.07. The van der Waals surface area contributed by atoms with Crippen LogP contribution in [-0.2, 0) is 0 Å². The molecular weight excluding hydrogens is 238 g/mol. The second-order valence-corrected chi connectivity index (χ2v) is 4.93. The monoisotopic (exact) mass is 255 g/mol. The number of halogens is 1. The van der Waals surface area contributed by atoms with E-state index < -0.39 is 0 Å². The molecule has 0 radical (unpaired) electrons. The number of piperidine rings is 1. The third-order valence-electron chi connectivity index (χ3n) is 3.30. The van der Waals surface area contributed by atoms with E-state index in [-0.39, 0.29) is 0 Å². The predicted octanol–water partition coefficient (Wildman–Crippen LogP) is 1.24. The molecule has 1 atom stereocenters. The Morgan fingerprint density at radius 2 is 2.29 bits per heavy atom. The van der Waals surface area contributed by atoms with Crippen LogP contribution in [0.3, 0.4) is 0 Å². The lowest BCUT2D eigenvalue weighted by molar-refractivity contribution is 0.247. The molecule has 5 nitrogen and oxygen atoms in total. The predicted molar refractivity (Wildman–Crippen MR) is 70.4 cm³/mol. The highest BCUT2D eigenvalue weighted by atomic mass is 35.5. The van der Waals surface area contributed by atoms with Crippen molar-refractivity contribution in [2.75, 3.05) is 37.8 Å². The average Bonchev–Trinajstić information content (AvgIpc) is 2.32. The van der Waals surface area contributed by atoms with Gasteiger partial charge in [0.05, 0.1) is 0 Å². The highest BCUT2D eigenvalue weighted by molar-refractivity contribution is 6.32. The first-order valence-electron chi connectivity index (χ1n) is 5.77. The molecule has 0 aliphatic carbocycles. The molecule has 1 aromatic rings. The number of nitrogens with zero attached hydrogens (tertiary/aromatic N) is 4. The molecule has 1 aliphatic heterocycles. The minimum absolute atomic E-state index is 0.325. The molecule has 0 amide bonds. The topological polar surface area (TPSA) is 58.3 Å². The molecule has 17 heavy (non-hydrogen) atoms. The largest absolute Gasteiger partial charge is 0.393 e. The zero-order valence-corrected chi connectivity index (χ0v) is 11.0. The Labute approximate surface area is 107 Å². The number of rotatable bonds is 2. The summed E-state index contributed by atoms with van der Waals surface area (Å²) in [6, 6.07) is 0.432. The van der Waals surface area contributed by atoms with Crippen LogP contribution < -0.4 is 10.6 Å². The summed E-state index contributed by atoms with van der Waals surface area (Å²) in [5.74, 6) is 0.727. The average molecular weight is 256 g/mol. The van der Waals surface area contributed by atoms with E-state index in [1.165, 1.54) is 12.7 Å². The number of aromatic nitrogens is 2. The highest BCUT2D eigenvalue weighted by Crippen LogP contribution is 2.28. The number of likely N-dealkylation sites (N-methyl/N-ethyl adjacent to an activating group) is 2. The minimum atomic E-state index is 0.325. The van der Waals surface area contributed by atoms with Crippen molar-refractivity contribution in [3.63, 3.8) is 0 Å². The van der Waals surface area contributed by atoms with Crippen LogP contribution in [0.1, 0.15) is 12.8 Å². The fraction of sp³-hybridized carbons (Fsp3) is 0.636. The summed E-state index contributed by atoms with van der Waals surface area (Å²) in [6.45, 7) is 2.18. The standard InChI is InChI=1S/C11H18ClN5/c1-16-5-3-4-8(6-16)17(2)11-9(13)10(12)14-7-15-11/h7-8H,3-6,13H2,1-2H3. The van der Waals surface area contributed by atoms with Crippen molar-refractivity contribution in [3.8, 4) is 0 Å². The molecule has 0 bridgehead atoms. The van der Waals surface area contributed by atoms with E-state index in [4.69, 9.17) is 17.3 Å². The second kappa shape index (κ2) is 5.06. The quantitative estimate of drug-likeness (QED) is 0.806. The van der Waals surface area contributed by atoms with E-state index in [9.17, 15) is 0 Å². The van der Waals surface area contributed by atoms with Crippen molar-refractivity contribution < 1.29 is 0 Å². The summed E-state index contributed by atoms with van der Waals surface area (Å²) in [4.78, 5) is 12.5. The highest BCUT2D eigenvalue weighted by Gasteiger charge is 2.23. The molecule has 0 spiro atoms. The van der Waals surface area contributed by atoms with Crippen LogP contribution in [0.4, 0.5) is 11.5 Å². The summed E-state index contributed by atoms with van der Waals surface area (Å²) in [5, 5.41) is 0.325. The van der Waals surface area contributed by atoms with Crippen LogP contribution in [0.15, 0.2) is 6.33 Å². The zero-order chi connectivity index (χ0) is 12.4.